The summed E-state index contributed by atoms with van der Waals surface area (Å²) >= 11 is 13.7. The molecule has 3 nitrogen and oxygen atoms in total. The van der Waals surface area contributed by atoms with Gasteiger partial charge in [-0.25, -0.2) is 4.98 Å². The SMILES string of the molecule is NC(=O)/C(=C/c1c(Cl)cccc1Cl)c1nc2ccccc2s1. The molecule has 0 saturated carbocycles. The Morgan fingerprint density at radius 3 is 2.41 bits per heavy atom. The highest BCUT2D eigenvalue weighted by Crippen LogP contribution is 2.32. The van der Waals surface area contributed by atoms with E-state index in [0.717, 1.165) is 10.2 Å². The van der Waals surface area contributed by atoms with Crippen LogP contribution in [-0.4, -0.2) is 10.9 Å². The first-order valence-corrected chi connectivity index (χ1v) is 7.95. The van der Waals surface area contributed by atoms with Crippen molar-refractivity contribution in [3.8, 4) is 0 Å². The first kappa shape index (κ1) is 15.0. The Balaban J connectivity index is 2.18. The molecule has 110 valence electrons. The molecule has 0 fully saturated rings. The zero-order chi connectivity index (χ0) is 15.7. The third-order valence-corrected chi connectivity index (χ3v) is 4.81. The molecule has 2 aromatic carbocycles. The van der Waals surface area contributed by atoms with Crippen molar-refractivity contribution in [3.05, 3.63) is 63.1 Å². The molecule has 22 heavy (non-hydrogen) atoms. The number of primary amides is 1. The second-order valence-corrected chi connectivity index (χ2v) is 6.39. The first-order chi connectivity index (χ1) is 10.6. The quantitative estimate of drug-likeness (QED) is 0.701. The molecule has 2 N–H and O–H groups in total. The maximum Gasteiger partial charge on any atom is 0.251 e. The molecule has 0 spiro atoms. The zero-order valence-electron chi connectivity index (χ0n) is 11.2. The minimum atomic E-state index is -0.574. The van der Waals surface area contributed by atoms with Crippen LogP contribution < -0.4 is 5.73 Å². The maximum atomic E-state index is 11.8. The number of para-hydroxylation sites is 1. The lowest BCUT2D eigenvalue weighted by Crippen LogP contribution is -2.12. The molecule has 3 aromatic rings. The van der Waals surface area contributed by atoms with Gasteiger partial charge in [-0.15, -0.1) is 11.3 Å². The fourth-order valence-corrected chi connectivity index (χ4v) is 3.51. The van der Waals surface area contributed by atoms with Crippen molar-refractivity contribution in [2.45, 2.75) is 0 Å². The van der Waals surface area contributed by atoms with E-state index < -0.39 is 5.91 Å². The van der Waals surface area contributed by atoms with Crippen molar-refractivity contribution in [1.82, 2.24) is 4.98 Å². The van der Waals surface area contributed by atoms with E-state index in [-0.39, 0.29) is 5.57 Å². The summed E-state index contributed by atoms with van der Waals surface area (Å²) in [5, 5.41) is 1.45. The lowest BCUT2D eigenvalue weighted by Gasteiger charge is -2.04. The van der Waals surface area contributed by atoms with Gasteiger partial charge in [0.05, 0.1) is 15.8 Å². The Bertz CT molecular complexity index is 849. The van der Waals surface area contributed by atoms with Crippen LogP contribution in [0.4, 0.5) is 0 Å². The van der Waals surface area contributed by atoms with E-state index in [0.29, 0.717) is 20.6 Å². The highest BCUT2D eigenvalue weighted by molar-refractivity contribution is 7.19. The number of nitrogens with zero attached hydrogens (tertiary/aromatic N) is 1. The fourth-order valence-electron chi connectivity index (χ4n) is 2.02. The lowest BCUT2D eigenvalue weighted by atomic mass is 10.1. The van der Waals surface area contributed by atoms with E-state index in [9.17, 15) is 4.79 Å². The standard InChI is InChI=1S/C16H10Cl2N2OS/c17-11-4-3-5-12(18)9(11)8-10(15(19)21)16-20-13-6-1-2-7-14(13)22-16/h1-8H,(H2,19,21)/b10-8-. The van der Waals surface area contributed by atoms with E-state index in [4.69, 9.17) is 28.9 Å². The number of amides is 1. The highest BCUT2D eigenvalue weighted by atomic mass is 35.5. The second-order valence-electron chi connectivity index (χ2n) is 4.54. The first-order valence-electron chi connectivity index (χ1n) is 6.37. The van der Waals surface area contributed by atoms with Crippen LogP contribution >= 0.6 is 34.5 Å². The van der Waals surface area contributed by atoms with Crippen LogP contribution in [0.25, 0.3) is 21.9 Å². The van der Waals surface area contributed by atoms with Crippen LogP contribution in [0, 0.1) is 0 Å². The monoisotopic (exact) mass is 348 g/mol. The fraction of sp³-hybridized carbons (Fsp3) is 0. The number of halogens is 2. The van der Waals surface area contributed by atoms with E-state index in [1.54, 1.807) is 24.3 Å². The van der Waals surface area contributed by atoms with Gasteiger partial charge in [0.2, 0.25) is 0 Å². The number of benzene rings is 2. The van der Waals surface area contributed by atoms with E-state index in [2.05, 4.69) is 4.98 Å². The van der Waals surface area contributed by atoms with Crippen molar-refractivity contribution < 1.29 is 4.79 Å². The molecule has 0 radical (unpaired) electrons. The van der Waals surface area contributed by atoms with Crippen LogP contribution in [0.15, 0.2) is 42.5 Å². The molecule has 0 bridgehead atoms. The molecule has 6 heteroatoms. The molecule has 0 aliphatic carbocycles. The molecule has 3 rings (SSSR count). The molecule has 0 unspecified atom stereocenters. The number of hydrogen-bond donors (Lipinski definition) is 1. The van der Waals surface area contributed by atoms with E-state index in [1.165, 1.54) is 11.3 Å². The molecule has 1 aromatic heterocycles. The van der Waals surface area contributed by atoms with Crippen LogP contribution in [0.3, 0.4) is 0 Å². The Kier molecular flexibility index (Phi) is 4.16. The number of hydrogen-bond acceptors (Lipinski definition) is 3. The summed E-state index contributed by atoms with van der Waals surface area (Å²) in [5.74, 6) is -0.574. The second kappa shape index (κ2) is 6.08. The molecule has 0 aliphatic rings. The van der Waals surface area contributed by atoms with Gasteiger partial charge in [-0.05, 0) is 30.3 Å². The van der Waals surface area contributed by atoms with Crippen molar-refractivity contribution >= 4 is 62.3 Å². The summed E-state index contributed by atoms with van der Waals surface area (Å²) < 4.78 is 0.981. The van der Waals surface area contributed by atoms with Crippen molar-refractivity contribution in [3.63, 3.8) is 0 Å². The van der Waals surface area contributed by atoms with Gasteiger partial charge in [-0.1, -0.05) is 41.4 Å². The van der Waals surface area contributed by atoms with Crippen molar-refractivity contribution in [2.75, 3.05) is 0 Å². The van der Waals surface area contributed by atoms with Crippen LogP contribution in [-0.2, 0) is 4.79 Å². The average Bonchev–Trinajstić information content (AvgIpc) is 2.89. The number of nitrogens with two attached hydrogens (primary N) is 1. The Morgan fingerprint density at radius 2 is 1.77 bits per heavy atom. The van der Waals surface area contributed by atoms with E-state index >= 15 is 0 Å². The average molecular weight is 349 g/mol. The predicted octanol–water partition coefficient (Wildman–Crippen LogP) is 4.63. The molecule has 0 aliphatic heterocycles. The number of fused-ring (bicyclic) bond motifs is 1. The van der Waals surface area contributed by atoms with Gasteiger partial charge >= 0.3 is 0 Å². The smallest absolute Gasteiger partial charge is 0.251 e. The normalized spacial score (nSPS) is 11.8. The number of aromatic nitrogens is 1. The van der Waals surface area contributed by atoms with E-state index in [1.807, 2.05) is 24.3 Å². The summed E-state index contributed by atoms with van der Waals surface area (Å²) in [7, 11) is 0. The molecule has 1 amide bonds. The van der Waals surface area contributed by atoms with Gasteiger partial charge < -0.3 is 5.73 Å². The minimum Gasteiger partial charge on any atom is -0.366 e. The van der Waals surface area contributed by atoms with Gasteiger partial charge in [0, 0.05) is 15.6 Å². The molecule has 0 saturated heterocycles. The molecule has 0 atom stereocenters. The highest BCUT2D eigenvalue weighted by Gasteiger charge is 2.15. The number of thiazole rings is 1. The Hall–Kier alpha value is -1.88. The molecular weight excluding hydrogens is 339 g/mol. The Labute approximate surface area is 141 Å². The molecule has 1 heterocycles. The molecular formula is C16H10Cl2N2OS. The van der Waals surface area contributed by atoms with Crippen LogP contribution in [0.2, 0.25) is 10.0 Å². The van der Waals surface area contributed by atoms with Gasteiger partial charge in [0.25, 0.3) is 5.91 Å². The largest absolute Gasteiger partial charge is 0.366 e. The van der Waals surface area contributed by atoms with Crippen LogP contribution in [0.5, 0.6) is 0 Å². The summed E-state index contributed by atoms with van der Waals surface area (Å²) in [6, 6.07) is 12.8. The third kappa shape index (κ3) is 2.86. The lowest BCUT2D eigenvalue weighted by molar-refractivity contribution is -0.112. The third-order valence-electron chi connectivity index (χ3n) is 3.08. The summed E-state index contributed by atoms with van der Waals surface area (Å²) in [6.07, 6.45) is 1.59. The van der Waals surface area contributed by atoms with Crippen LogP contribution in [0.1, 0.15) is 10.6 Å². The number of carbonyl (C=O) groups excluding carboxylic acids is 1. The summed E-state index contributed by atoms with van der Waals surface area (Å²) in [6.45, 7) is 0. The predicted molar refractivity (Wildman–Crippen MR) is 93.1 cm³/mol. The van der Waals surface area contributed by atoms with Crippen molar-refractivity contribution in [2.24, 2.45) is 5.73 Å². The summed E-state index contributed by atoms with van der Waals surface area (Å²) in [4.78, 5) is 16.3. The van der Waals surface area contributed by atoms with Gasteiger partial charge in [-0.3, -0.25) is 4.79 Å². The van der Waals surface area contributed by atoms with Gasteiger partial charge in [-0.2, -0.15) is 0 Å². The number of carbonyl (C=O) groups is 1. The van der Waals surface area contributed by atoms with Gasteiger partial charge in [0.1, 0.15) is 5.01 Å². The topological polar surface area (TPSA) is 56.0 Å². The maximum absolute atomic E-state index is 11.8. The van der Waals surface area contributed by atoms with Gasteiger partial charge in [0.15, 0.2) is 0 Å². The number of rotatable bonds is 3. The summed E-state index contributed by atoms with van der Waals surface area (Å²) in [5.41, 5.74) is 7.17. The zero-order valence-corrected chi connectivity index (χ0v) is 13.5. The Morgan fingerprint density at radius 1 is 1.09 bits per heavy atom. The van der Waals surface area contributed by atoms with Crippen molar-refractivity contribution in [1.29, 1.82) is 0 Å². The minimum absolute atomic E-state index is 0.288.